The number of benzene rings is 1. The molecule has 5 heteroatoms. The number of carbonyl (C=O) groups is 1. The Morgan fingerprint density at radius 1 is 1.21 bits per heavy atom. The third-order valence-electron chi connectivity index (χ3n) is 5.37. The lowest BCUT2D eigenvalue weighted by Gasteiger charge is -2.23. The first-order chi connectivity index (χ1) is 13.6. The van der Waals surface area contributed by atoms with Gasteiger partial charge in [0.15, 0.2) is 0 Å². The molecule has 2 aromatic heterocycles. The van der Waals surface area contributed by atoms with Gasteiger partial charge in [0.05, 0.1) is 5.69 Å². The molecule has 1 aliphatic rings. The highest BCUT2D eigenvalue weighted by molar-refractivity contribution is 5.93. The lowest BCUT2D eigenvalue weighted by Crippen LogP contribution is -2.35. The molecule has 1 fully saturated rings. The van der Waals surface area contributed by atoms with Crippen LogP contribution in [0.1, 0.15) is 25.3 Å². The number of aromatic nitrogens is 3. The Balaban J connectivity index is 1.65. The third kappa shape index (κ3) is 3.88. The van der Waals surface area contributed by atoms with Gasteiger partial charge in [-0.05, 0) is 56.0 Å². The van der Waals surface area contributed by atoms with Crippen molar-refractivity contribution in [3.05, 3.63) is 72.7 Å². The average molecular weight is 372 g/mol. The minimum absolute atomic E-state index is 0.0176. The van der Waals surface area contributed by atoms with Gasteiger partial charge in [0.1, 0.15) is 5.69 Å². The number of nitrogens with zero attached hydrogens (tertiary/aromatic N) is 4. The Bertz CT molecular complexity index is 974. The molecule has 0 radical (unpaired) electrons. The predicted octanol–water partition coefficient (Wildman–Crippen LogP) is 4.20. The van der Waals surface area contributed by atoms with E-state index in [4.69, 9.17) is 5.10 Å². The van der Waals surface area contributed by atoms with Crippen LogP contribution < -0.4 is 0 Å². The fraction of sp³-hybridized carbons (Fsp3) is 0.261. The minimum atomic E-state index is 0.0176. The number of hydrogen-bond donors (Lipinski definition) is 0. The van der Waals surface area contributed by atoms with Gasteiger partial charge in [-0.25, -0.2) is 4.68 Å². The van der Waals surface area contributed by atoms with Crippen molar-refractivity contribution in [3.8, 4) is 16.9 Å². The van der Waals surface area contributed by atoms with E-state index in [-0.39, 0.29) is 11.9 Å². The van der Waals surface area contributed by atoms with Gasteiger partial charge in [-0.1, -0.05) is 18.2 Å². The van der Waals surface area contributed by atoms with Crippen LogP contribution in [0.15, 0.2) is 67.1 Å². The molecule has 1 amide bonds. The number of amides is 1. The topological polar surface area (TPSA) is 51.0 Å². The van der Waals surface area contributed by atoms with Crippen LogP contribution in [0.25, 0.3) is 23.0 Å². The van der Waals surface area contributed by atoms with E-state index in [1.165, 1.54) is 12.8 Å². The third-order valence-corrected chi connectivity index (χ3v) is 5.37. The predicted molar refractivity (Wildman–Crippen MR) is 111 cm³/mol. The Labute approximate surface area is 165 Å². The van der Waals surface area contributed by atoms with E-state index in [2.05, 4.69) is 11.9 Å². The van der Waals surface area contributed by atoms with Gasteiger partial charge in [-0.15, -0.1) is 0 Å². The maximum Gasteiger partial charge on any atom is 0.246 e. The van der Waals surface area contributed by atoms with Gasteiger partial charge in [-0.2, -0.15) is 5.10 Å². The average Bonchev–Trinajstić information content (AvgIpc) is 3.51. The Morgan fingerprint density at radius 2 is 2.00 bits per heavy atom. The Hall–Kier alpha value is -3.21. The first-order valence-electron chi connectivity index (χ1n) is 9.64. The normalized spacial score (nSPS) is 14.9. The fourth-order valence-corrected chi connectivity index (χ4v) is 3.32. The summed E-state index contributed by atoms with van der Waals surface area (Å²) in [4.78, 5) is 18.7. The lowest BCUT2D eigenvalue weighted by molar-refractivity contribution is -0.126. The zero-order valence-electron chi connectivity index (χ0n) is 16.2. The van der Waals surface area contributed by atoms with Crippen molar-refractivity contribution < 1.29 is 4.79 Å². The molecule has 1 unspecified atom stereocenters. The van der Waals surface area contributed by atoms with Gasteiger partial charge >= 0.3 is 0 Å². The zero-order valence-corrected chi connectivity index (χ0v) is 16.2. The van der Waals surface area contributed by atoms with E-state index in [1.807, 2.05) is 71.4 Å². The Morgan fingerprint density at radius 3 is 2.68 bits per heavy atom. The van der Waals surface area contributed by atoms with Crippen LogP contribution in [-0.2, 0) is 4.79 Å². The number of likely N-dealkylation sites (N-methyl/N-ethyl adjacent to an activating group) is 1. The minimum Gasteiger partial charge on any atom is -0.339 e. The van der Waals surface area contributed by atoms with Crippen molar-refractivity contribution >= 4 is 12.0 Å². The summed E-state index contributed by atoms with van der Waals surface area (Å²) in [6.45, 7) is 2.12. The number of para-hydroxylation sites is 1. The van der Waals surface area contributed by atoms with Crippen molar-refractivity contribution in [3.63, 3.8) is 0 Å². The van der Waals surface area contributed by atoms with E-state index < -0.39 is 0 Å². The van der Waals surface area contributed by atoms with Gasteiger partial charge in [0.2, 0.25) is 5.91 Å². The van der Waals surface area contributed by atoms with Crippen molar-refractivity contribution in [1.29, 1.82) is 0 Å². The van der Waals surface area contributed by atoms with Crippen molar-refractivity contribution in [2.45, 2.75) is 25.8 Å². The van der Waals surface area contributed by atoms with Crippen LogP contribution in [-0.4, -0.2) is 38.7 Å². The molecular formula is C23H24N4O. The summed E-state index contributed by atoms with van der Waals surface area (Å²) in [5.74, 6) is 0.665. The molecule has 4 rings (SSSR count). The number of hydrogen-bond acceptors (Lipinski definition) is 3. The second kappa shape index (κ2) is 7.80. The quantitative estimate of drug-likeness (QED) is 0.609. The maximum atomic E-state index is 12.6. The Kier molecular flexibility index (Phi) is 5.06. The van der Waals surface area contributed by atoms with E-state index in [1.54, 1.807) is 18.5 Å². The SMILES string of the molecule is CC(C1CC1)N(C)C(=O)/C=C/c1cn(-c2ccccc2)nc1-c1cccnc1. The van der Waals surface area contributed by atoms with Crippen molar-refractivity contribution in [2.75, 3.05) is 7.05 Å². The second-order valence-corrected chi connectivity index (χ2v) is 7.32. The fourth-order valence-electron chi connectivity index (χ4n) is 3.32. The molecule has 3 aromatic rings. The monoisotopic (exact) mass is 372 g/mol. The zero-order chi connectivity index (χ0) is 19.5. The molecule has 1 aromatic carbocycles. The highest BCUT2D eigenvalue weighted by Crippen LogP contribution is 2.34. The van der Waals surface area contributed by atoms with Crippen molar-refractivity contribution in [2.24, 2.45) is 5.92 Å². The summed E-state index contributed by atoms with van der Waals surface area (Å²) in [5.41, 5.74) is 3.58. The number of pyridine rings is 1. The number of rotatable bonds is 6. The lowest BCUT2D eigenvalue weighted by atomic mass is 10.1. The first-order valence-corrected chi connectivity index (χ1v) is 9.64. The molecule has 0 aliphatic heterocycles. The molecular weight excluding hydrogens is 348 g/mol. The van der Waals surface area contributed by atoms with Crippen molar-refractivity contribution in [1.82, 2.24) is 19.7 Å². The molecule has 2 heterocycles. The molecule has 1 aliphatic carbocycles. The standard InChI is InChI=1S/C23H24N4O/c1-17(18-10-11-18)26(2)22(28)13-12-20-16-27(21-8-4-3-5-9-21)25-23(20)19-7-6-14-24-15-19/h3-9,12-18H,10-11H2,1-2H3/b13-12+. The van der Waals surface area contributed by atoms with Crippen LogP contribution in [0.4, 0.5) is 0 Å². The largest absolute Gasteiger partial charge is 0.339 e. The highest BCUT2D eigenvalue weighted by Gasteiger charge is 2.31. The summed E-state index contributed by atoms with van der Waals surface area (Å²) in [5, 5.41) is 4.75. The van der Waals surface area contributed by atoms with Gasteiger partial charge in [0.25, 0.3) is 0 Å². The summed E-state index contributed by atoms with van der Waals surface area (Å²) in [6.07, 6.45) is 11.4. The molecule has 0 saturated heterocycles. The smallest absolute Gasteiger partial charge is 0.246 e. The number of carbonyl (C=O) groups excluding carboxylic acids is 1. The molecule has 142 valence electrons. The van der Waals surface area contributed by atoms with Gasteiger partial charge < -0.3 is 4.90 Å². The maximum absolute atomic E-state index is 12.6. The molecule has 0 spiro atoms. The van der Waals surface area contributed by atoms with Crippen LogP contribution >= 0.6 is 0 Å². The van der Waals surface area contributed by atoms with Crippen LogP contribution in [0.3, 0.4) is 0 Å². The van der Waals surface area contributed by atoms with E-state index in [0.717, 1.165) is 22.5 Å². The van der Waals surface area contributed by atoms with Crippen LogP contribution in [0.2, 0.25) is 0 Å². The summed E-state index contributed by atoms with van der Waals surface area (Å²) in [7, 11) is 1.88. The molecule has 0 bridgehead atoms. The summed E-state index contributed by atoms with van der Waals surface area (Å²) >= 11 is 0. The highest BCUT2D eigenvalue weighted by atomic mass is 16.2. The molecule has 28 heavy (non-hydrogen) atoms. The van der Waals surface area contributed by atoms with E-state index in [9.17, 15) is 4.79 Å². The molecule has 5 nitrogen and oxygen atoms in total. The molecule has 1 saturated carbocycles. The van der Waals surface area contributed by atoms with Crippen LogP contribution in [0, 0.1) is 5.92 Å². The van der Waals surface area contributed by atoms with Gasteiger partial charge in [-0.3, -0.25) is 9.78 Å². The second-order valence-electron chi connectivity index (χ2n) is 7.32. The van der Waals surface area contributed by atoms with E-state index in [0.29, 0.717) is 5.92 Å². The van der Waals surface area contributed by atoms with Gasteiger partial charge in [0, 0.05) is 48.9 Å². The van der Waals surface area contributed by atoms with E-state index >= 15 is 0 Å². The molecule has 0 N–H and O–H groups in total. The molecule has 1 atom stereocenters. The van der Waals surface area contributed by atoms with Crippen LogP contribution in [0.5, 0.6) is 0 Å². The summed E-state index contributed by atoms with van der Waals surface area (Å²) in [6, 6.07) is 14.1. The first kappa shape index (κ1) is 18.2. The summed E-state index contributed by atoms with van der Waals surface area (Å²) < 4.78 is 1.84.